The molecule has 1 aliphatic carbocycles. The summed E-state index contributed by atoms with van der Waals surface area (Å²) >= 11 is 7.54. The first-order chi connectivity index (χ1) is 12.2. The second-order valence-corrected chi connectivity index (χ2v) is 7.71. The lowest BCUT2D eigenvalue weighted by atomic mass is 10.3. The zero-order valence-corrected chi connectivity index (χ0v) is 15.8. The van der Waals surface area contributed by atoms with Gasteiger partial charge in [0.05, 0.1) is 13.8 Å². The SMILES string of the molecule is COc1ccc(-n2ccn(CN(Cc3cccs3)C3CC3)c2=S)cc1. The predicted molar refractivity (Wildman–Crippen MR) is 104 cm³/mol. The molecule has 0 saturated heterocycles. The summed E-state index contributed by atoms with van der Waals surface area (Å²) < 4.78 is 10.3. The third-order valence-corrected chi connectivity index (χ3v) is 5.83. The maximum atomic E-state index is 5.71. The van der Waals surface area contributed by atoms with Crippen LogP contribution >= 0.6 is 23.6 Å². The molecule has 1 fully saturated rings. The summed E-state index contributed by atoms with van der Waals surface area (Å²) in [6.45, 7) is 1.84. The molecule has 25 heavy (non-hydrogen) atoms. The standard InChI is InChI=1S/C19H21N3OS2/c1-23-17-8-6-16(7-9-17)22-11-10-20(19(22)24)14-21(15-4-5-15)13-18-3-2-12-25-18/h2-3,6-12,15H,4-5,13-14H2,1H3. The second-order valence-electron chi connectivity index (χ2n) is 6.32. The third kappa shape index (κ3) is 3.71. The van der Waals surface area contributed by atoms with E-state index in [1.807, 2.05) is 46.4 Å². The maximum absolute atomic E-state index is 5.71. The molecule has 1 saturated carbocycles. The van der Waals surface area contributed by atoms with Crippen LogP contribution in [0, 0.1) is 4.77 Å². The van der Waals surface area contributed by atoms with Crippen molar-refractivity contribution in [1.82, 2.24) is 14.0 Å². The van der Waals surface area contributed by atoms with Gasteiger partial charge in [-0.3, -0.25) is 9.47 Å². The van der Waals surface area contributed by atoms with E-state index >= 15 is 0 Å². The molecule has 0 atom stereocenters. The van der Waals surface area contributed by atoms with Gasteiger partial charge in [-0.15, -0.1) is 11.3 Å². The Bertz CT molecular complexity index is 876. The Labute approximate surface area is 156 Å². The van der Waals surface area contributed by atoms with E-state index in [-0.39, 0.29) is 0 Å². The highest BCUT2D eigenvalue weighted by Gasteiger charge is 2.29. The summed E-state index contributed by atoms with van der Waals surface area (Å²) in [6, 6.07) is 13.0. The zero-order valence-electron chi connectivity index (χ0n) is 14.2. The van der Waals surface area contributed by atoms with Crippen molar-refractivity contribution in [1.29, 1.82) is 0 Å². The molecule has 4 nitrogen and oxygen atoms in total. The molecule has 0 N–H and O–H groups in total. The fourth-order valence-corrected chi connectivity index (χ4v) is 4.01. The van der Waals surface area contributed by atoms with Crippen molar-refractivity contribution >= 4 is 23.6 Å². The van der Waals surface area contributed by atoms with E-state index in [2.05, 4.69) is 33.2 Å². The number of aromatic nitrogens is 2. The summed E-state index contributed by atoms with van der Waals surface area (Å²) in [5.74, 6) is 0.852. The quantitative estimate of drug-likeness (QED) is 0.562. The van der Waals surface area contributed by atoms with Gasteiger partial charge in [0.25, 0.3) is 0 Å². The molecule has 0 spiro atoms. The molecule has 2 aromatic heterocycles. The minimum Gasteiger partial charge on any atom is -0.497 e. The van der Waals surface area contributed by atoms with E-state index in [0.29, 0.717) is 6.04 Å². The first-order valence-electron chi connectivity index (χ1n) is 8.43. The lowest BCUT2D eigenvalue weighted by Gasteiger charge is -2.21. The smallest absolute Gasteiger partial charge is 0.185 e. The molecule has 130 valence electrons. The van der Waals surface area contributed by atoms with Crippen molar-refractivity contribution in [3.05, 3.63) is 63.8 Å². The number of benzene rings is 1. The molecule has 4 rings (SSSR count). The van der Waals surface area contributed by atoms with Gasteiger partial charge < -0.3 is 9.30 Å². The fraction of sp³-hybridized carbons (Fsp3) is 0.316. The predicted octanol–water partition coefficient (Wildman–Crippen LogP) is 4.70. The van der Waals surface area contributed by atoms with Crippen LogP contribution < -0.4 is 4.74 Å². The molecule has 0 amide bonds. The number of nitrogens with zero attached hydrogens (tertiary/aromatic N) is 3. The van der Waals surface area contributed by atoms with Gasteiger partial charge in [0, 0.05) is 35.5 Å². The zero-order chi connectivity index (χ0) is 17.2. The lowest BCUT2D eigenvalue weighted by Crippen LogP contribution is -2.27. The highest BCUT2D eigenvalue weighted by Crippen LogP contribution is 2.30. The van der Waals surface area contributed by atoms with Crippen LogP contribution in [0.4, 0.5) is 0 Å². The van der Waals surface area contributed by atoms with Crippen LogP contribution in [0.1, 0.15) is 17.7 Å². The molecular weight excluding hydrogens is 350 g/mol. The number of hydrogen-bond donors (Lipinski definition) is 0. The summed E-state index contributed by atoms with van der Waals surface area (Å²) in [5, 5.41) is 2.15. The topological polar surface area (TPSA) is 22.3 Å². The van der Waals surface area contributed by atoms with E-state index in [4.69, 9.17) is 17.0 Å². The number of imidazole rings is 1. The normalized spacial score (nSPS) is 14.2. The van der Waals surface area contributed by atoms with Crippen LogP contribution in [-0.4, -0.2) is 27.2 Å². The summed E-state index contributed by atoms with van der Waals surface area (Å²) in [7, 11) is 1.68. The van der Waals surface area contributed by atoms with Gasteiger partial charge in [-0.1, -0.05) is 6.07 Å². The van der Waals surface area contributed by atoms with Crippen molar-refractivity contribution < 1.29 is 4.74 Å². The number of rotatable bonds is 7. The molecule has 0 bridgehead atoms. The molecule has 0 unspecified atom stereocenters. The van der Waals surface area contributed by atoms with Crippen LogP contribution in [0.25, 0.3) is 5.69 Å². The van der Waals surface area contributed by atoms with Gasteiger partial charge in [-0.25, -0.2) is 0 Å². The van der Waals surface area contributed by atoms with Crippen LogP contribution in [0.3, 0.4) is 0 Å². The van der Waals surface area contributed by atoms with Crippen molar-refractivity contribution in [2.45, 2.75) is 32.1 Å². The second kappa shape index (κ2) is 7.15. The average molecular weight is 372 g/mol. The van der Waals surface area contributed by atoms with Crippen molar-refractivity contribution in [2.24, 2.45) is 0 Å². The van der Waals surface area contributed by atoms with Crippen LogP contribution in [0.15, 0.2) is 54.2 Å². The number of thiophene rings is 1. The highest BCUT2D eigenvalue weighted by atomic mass is 32.1. The Balaban J connectivity index is 1.54. The lowest BCUT2D eigenvalue weighted by molar-refractivity contribution is 0.199. The molecule has 0 radical (unpaired) electrons. The number of methoxy groups -OCH3 is 1. The molecule has 0 aliphatic heterocycles. The van der Waals surface area contributed by atoms with Crippen molar-refractivity contribution in [3.63, 3.8) is 0 Å². The molecule has 3 aromatic rings. The Morgan fingerprint density at radius 3 is 2.64 bits per heavy atom. The number of hydrogen-bond acceptors (Lipinski definition) is 4. The minimum atomic E-state index is 0.688. The largest absolute Gasteiger partial charge is 0.497 e. The third-order valence-electron chi connectivity index (χ3n) is 4.53. The molecule has 2 heterocycles. The van der Waals surface area contributed by atoms with Crippen LogP contribution in [0.5, 0.6) is 5.75 Å². The fourth-order valence-electron chi connectivity index (χ4n) is 2.99. The Morgan fingerprint density at radius 1 is 1.20 bits per heavy atom. The average Bonchev–Trinajstić information content (AvgIpc) is 3.25. The highest BCUT2D eigenvalue weighted by molar-refractivity contribution is 7.71. The summed E-state index contributed by atoms with van der Waals surface area (Å²) in [5.41, 5.74) is 1.06. The first-order valence-corrected chi connectivity index (χ1v) is 9.72. The van der Waals surface area contributed by atoms with E-state index in [1.54, 1.807) is 7.11 Å². The van der Waals surface area contributed by atoms with Crippen molar-refractivity contribution in [2.75, 3.05) is 7.11 Å². The molecule has 1 aromatic carbocycles. The maximum Gasteiger partial charge on any atom is 0.185 e. The van der Waals surface area contributed by atoms with Gasteiger partial charge in [0.2, 0.25) is 0 Å². The van der Waals surface area contributed by atoms with Gasteiger partial charge in [0.1, 0.15) is 5.75 Å². The monoisotopic (exact) mass is 371 g/mol. The van der Waals surface area contributed by atoms with E-state index in [0.717, 1.165) is 29.4 Å². The molecule has 6 heteroatoms. The van der Waals surface area contributed by atoms with E-state index < -0.39 is 0 Å². The Hall–Kier alpha value is -1.89. The van der Waals surface area contributed by atoms with E-state index in [9.17, 15) is 0 Å². The number of ether oxygens (including phenoxy) is 1. The van der Waals surface area contributed by atoms with Gasteiger partial charge in [-0.05, 0) is 60.8 Å². The summed E-state index contributed by atoms with van der Waals surface area (Å²) in [6.07, 6.45) is 6.70. The van der Waals surface area contributed by atoms with Gasteiger partial charge in [0.15, 0.2) is 4.77 Å². The Morgan fingerprint density at radius 2 is 2.00 bits per heavy atom. The van der Waals surface area contributed by atoms with Gasteiger partial charge >= 0.3 is 0 Å². The van der Waals surface area contributed by atoms with E-state index in [1.165, 1.54) is 17.7 Å². The molecule has 1 aliphatic rings. The first kappa shape index (κ1) is 16.6. The van der Waals surface area contributed by atoms with Crippen LogP contribution in [0.2, 0.25) is 0 Å². The van der Waals surface area contributed by atoms with Crippen molar-refractivity contribution in [3.8, 4) is 11.4 Å². The summed E-state index contributed by atoms with van der Waals surface area (Å²) in [4.78, 5) is 3.94. The van der Waals surface area contributed by atoms with Gasteiger partial charge in [-0.2, -0.15) is 0 Å². The van der Waals surface area contributed by atoms with Crippen LogP contribution in [-0.2, 0) is 13.2 Å². The molecular formula is C19H21N3OS2. The Kier molecular flexibility index (Phi) is 4.74. The minimum absolute atomic E-state index is 0.688.